The Morgan fingerprint density at radius 2 is 1.45 bits per heavy atom. The molecule has 2 bridgehead atoms. The van der Waals surface area contributed by atoms with E-state index in [-0.39, 0.29) is 29.9 Å². The average molecular weight is 677 g/mol. The lowest BCUT2D eigenvalue weighted by Gasteiger charge is -2.73. The van der Waals surface area contributed by atoms with Crippen molar-refractivity contribution in [2.45, 2.75) is 170 Å². The molecule has 6 fully saturated rings. The highest BCUT2D eigenvalue weighted by atomic mass is 35.5. The number of hydrogen-bond acceptors (Lipinski definition) is 3. The third-order valence-electron chi connectivity index (χ3n) is 17.0. The van der Waals surface area contributed by atoms with Crippen molar-refractivity contribution in [3.05, 3.63) is 0 Å². The number of fused-ring (bicyclic) bond motifs is 5. The van der Waals surface area contributed by atoms with Crippen LogP contribution in [0.1, 0.15) is 158 Å². The first kappa shape index (κ1) is 37.9. The maximum Gasteiger partial charge on any atom is 0.362 e. The van der Waals surface area contributed by atoms with Crippen LogP contribution in [-0.4, -0.2) is 56.5 Å². The molecule has 47 heavy (non-hydrogen) atoms. The number of likely N-dealkylation sites (N-methyl/N-ethyl adjacent to an activating group) is 1. The van der Waals surface area contributed by atoms with Crippen molar-refractivity contribution >= 4 is 5.97 Å². The van der Waals surface area contributed by atoms with Crippen molar-refractivity contribution in [2.24, 2.45) is 56.2 Å². The fourth-order valence-corrected chi connectivity index (χ4v) is 14.1. The number of esters is 1. The molecule has 4 nitrogen and oxygen atoms in total. The van der Waals surface area contributed by atoms with Crippen LogP contribution in [0.2, 0.25) is 0 Å². The van der Waals surface area contributed by atoms with Gasteiger partial charge in [0.2, 0.25) is 0 Å². The summed E-state index contributed by atoms with van der Waals surface area (Å²) in [5.41, 5.74) is 1.87. The zero-order valence-electron chi connectivity index (χ0n) is 32.4. The SMILES string of the molecule is CCCCCCCC[N+](C)(C)CC(=O)O[C@H]1CC[C@]2(C)[C@H]3CC[C@@H]4[C@H]5[C@H]6OC[C@@]5(CCC6(C)C)CC[C@@]4(C)[C@]3(C)CC[C@H]2C1(C)C.[Cl-]. The van der Waals surface area contributed by atoms with Gasteiger partial charge in [-0.3, -0.25) is 0 Å². The smallest absolute Gasteiger partial charge is 0.362 e. The number of carbonyl (C=O) groups is 1. The molecule has 0 aromatic carbocycles. The van der Waals surface area contributed by atoms with Gasteiger partial charge in [0.05, 0.1) is 33.4 Å². The number of nitrogens with zero attached hydrogens (tertiary/aromatic N) is 1. The predicted molar refractivity (Wildman–Crippen MR) is 189 cm³/mol. The molecule has 6 rings (SSSR count). The summed E-state index contributed by atoms with van der Waals surface area (Å²) >= 11 is 0. The van der Waals surface area contributed by atoms with E-state index >= 15 is 0 Å². The Morgan fingerprint density at radius 1 is 0.766 bits per heavy atom. The number of carbonyl (C=O) groups excluding carboxylic acids is 1. The van der Waals surface area contributed by atoms with Gasteiger partial charge in [0, 0.05) is 5.41 Å². The maximum absolute atomic E-state index is 13.5. The Labute approximate surface area is 296 Å². The standard InChI is InChI=1S/C42H74NO3.ClH/c1-11-12-13-14-15-16-27-43(9,10)28-34(44)46-33-20-21-39(6)31(38(33,4)5)19-22-41(8)32(39)18-17-30-35-36-37(2,3)23-25-42(35,29-45-36)26-24-40(30,41)7;/h30-33,35-36H,11-29H2,1-10H3;1H/q+1;/p-1/t30-,31+,32-,33+,35+,36-,39+,40-,41-,42-;/m1./s1. The minimum absolute atomic E-state index is 0. The lowest BCUT2D eigenvalue weighted by molar-refractivity contribution is -0.883. The third-order valence-corrected chi connectivity index (χ3v) is 17.0. The molecule has 10 atom stereocenters. The second-order valence-electron chi connectivity index (χ2n) is 20.7. The summed E-state index contributed by atoms with van der Waals surface area (Å²) in [6.45, 7) is 23.0. The molecule has 0 amide bonds. The second-order valence-corrected chi connectivity index (χ2v) is 20.7. The van der Waals surface area contributed by atoms with Crippen LogP contribution in [0, 0.1) is 56.2 Å². The van der Waals surface area contributed by atoms with Crippen LogP contribution < -0.4 is 12.4 Å². The largest absolute Gasteiger partial charge is 1.00 e. The summed E-state index contributed by atoms with van der Waals surface area (Å²) in [7, 11) is 4.43. The number of quaternary nitrogens is 1. The van der Waals surface area contributed by atoms with Crippen LogP contribution in [0.4, 0.5) is 0 Å². The van der Waals surface area contributed by atoms with Gasteiger partial charge in [0.15, 0.2) is 6.54 Å². The fraction of sp³-hybridized carbons (Fsp3) is 0.976. The molecule has 0 aromatic rings. The van der Waals surface area contributed by atoms with Crippen LogP contribution in [-0.2, 0) is 14.3 Å². The number of halogens is 1. The van der Waals surface area contributed by atoms with Crippen molar-refractivity contribution in [2.75, 3.05) is 33.8 Å². The average Bonchev–Trinajstić information content (AvgIpc) is 3.30. The van der Waals surface area contributed by atoms with Crippen molar-refractivity contribution in [3.63, 3.8) is 0 Å². The van der Waals surface area contributed by atoms with Crippen LogP contribution in [0.25, 0.3) is 0 Å². The lowest BCUT2D eigenvalue weighted by Crippen LogP contribution is -3.00. The van der Waals surface area contributed by atoms with Crippen LogP contribution >= 0.6 is 0 Å². The molecule has 1 heterocycles. The van der Waals surface area contributed by atoms with E-state index in [9.17, 15) is 4.79 Å². The van der Waals surface area contributed by atoms with Gasteiger partial charge in [-0.1, -0.05) is 81.1 Å². The van der Waals surface area contributed by atoms with Crippen LogP contribution in [0.3, 0.4) is 0 Å². The molecule has 5 heteroatoms. The van der Waals surface area contributed by atoms with Gasteiger partial charge in [0.1, 0.15) is 6.10 Å². The summed E-state index contributed by atoms with van der Waals surface area (Å²) in [5.74, 6) is 2.95. The van der Waals surface area contributed by atoms with Gasteiger partial charge < -0.3 is 26.4 Å². The first-order chi connectivity index (χ1) is 21.5. The molecule has 0 N–H and O–H groups in total. The van der Waals surface area contributed by atoms with Crippen LogP contribution in [0.5, 0.6) is 0 Å². The van der Waals surface area contributed by atoms with E-state index in [0.717, 1.165) is 41.8 Å². The number of ether oxygens (including phenoxy) is 2. The van der Waals surface area contributed by atoms with Crippen molar-refractivity contribution in [1.29, 1.82) is 0 Å². The normalized spacial score (nSPS) is 44.6. The Kier molecular flexibility index (Phi) is 10.5. The molecule has 1 aliphatic heterocycles. The molecule has 272 valence electrons. The first-order valence-corrected chi connectivity index (χ1v) is 20.1. The highest BCUT2D eigenvalue weighted by Crippen LogP contribution is 2.78. The van der Waals surface area contributed by atoms with Gasteiger partial charge in [0.25, 0.3) is 0 Å². The van der Waals surface area contributed by atoms with E-state index in [1.807, 2.05) is 0 Å². The van der Waals surface area contributed by atoms with Crippen LogP contribution in [0.15, 0.2) is 0 Å². The van der Waals surface area contributed by atoms with Crippen molar-refractivity contribution < 1.29 is 31.2 Å². The third kappa shape index (κ3) is 6.08. The Bertz CT molecular complexity index is 1130. The fourth-order valence-electron chi connectivity index (χ4n) is 14.1. The summed E-state index contributed by atoms with van der Waals surface area (Å²) < 4.78 is 14.0. The van der Waals surface area contributed by atoms with E-state index in [4.69, 9.17) is 9.47 Å². The Balaban J connectivity index is 0.00000433. The summed E-state index contributed by atoms with van der Waals surface area (Å²) in [6.07, 6.45) is 21.4. The van der Waals surface area contributed by atoms with Crippen molar-refractivity contribution in [1.82, 2.24) is 0 Å². The molecule has 1 saturated heterocycles. The molecule has 0 spiro atoms. The van der Waals surface area contributed by atoms with Crippen molar-refractivity contribution in [3.8, 4) is 0 Å². The van der Waals surface area contributed by atoms with E-state index < -0.39 is 0 Å². The summed E-state index contributed by atoms with van der Waals surface area (Å²) in [4.78, 5) is 13.5. The molecular weight excluding hydrogens is 602 g/mol. The van der Waals surface area contributed by atoms with E-state index in [0.29, 0.717) is 45.6 Å². The zero-order chi connectivity index (χ0) is 33.4. The molecular formula is C42H74ClNO3. The zero-order valence-corrected chi connectivity index (χ0v) is 33.2. The lowest BCUT2D eigenvalue weighted by atomic mass is 9.31. The van der Waals surface area contributed by atoms with E-state index in [2.05, 4.69) is 69.5 Å². The van der Waals surface area contributed by atoms with Gasteiger partial charge in [-0.05, 0) is 128 Å². The summed E-state index contributed by atoms with van der Waals surface area (Å²) in [5, 5.41) is 0. The molecule has 0 radical (unpaired) electrons. The molecule has 6 aliphatic rings. The van der Waals surface area contributed by atoms with E-state index in [1.165, 1.54) is 96.3 Å². The number of hydrogen-bond donors (Lipinski definition) is 0. The minimum atomic E-state index is 0. The molecule has 0 unspecified atom stereocenters. The van der Waals surface area contributed by atoms with E-state index in [1.54, 1.807) is 0 Å². The number of unbranched alkanes of at least 4 members (excludes halogenated alkanes) is 5. The molecule has 5 aliphatic carbocycles. The van der Waals surface area contributed by atoms with Gasteiger partial charge >= 0.3 is 5.97 Å². The van der Waals surface area contributed by atoms with Gasteiger partial charge in [-0.15, -0.1) is 0 Å². The van der Waals surface area contributed by atoms with Gasteiger partial charge in [-0.2, -0.15) is 0 Å². The topological polar surface area (TPSA) is 35.5 Å². The van der Waals surface area contributed by atoms with Gasteiger partial charge in [-0.25, -0.2) is 4.79 Å². The first-order valence-electron chi connectivity index (χ1n) is 20.1. The Morgan fingerprint density at radius 3 is 2.17 bits per heavy atom. The summed E-state index contributed by atoms with van der Waals surface area (Å²) in [6, 6.07) is 0. The quantitative estimate of drug-likeness (QED) is 0.139. The number of rotatable bonds is 10. The second kappa shape index (κ2) is 13.0. The molecule has 0 aromatic heterocycles. The molecule has 5 saturated carbocycles. The minimum Gasteiger partial charge on any atom is -1.00 e. The monoisotopic (exact) mass is 676 g/mol. The maximum atomic E-state index is 13.5. The Hall–Kier alpha value is -0.320. The predicted octanol–water partition coefficient (Wildman–Crippen LogP) is 7.23. The highest BCUT2D eigenvalue weighted by molar-refractivity contribution is 5.70. The highest BCUT2D eigenvalue weighted by Gasteiger charge is 2.73.